The minimum atomic E-state index is -3.50. The van der Waals surface area contributed by atoms with Gasteiger partial charge in [-0.05, 0) is 46.2 Å². The average Bonchev–Trinajstić information content (AvgIpc) is 3.16. The largest absolute Gasteiger partial charge is 0.381 e. The fourth-order valence-corrected chi connectivity index (χ4v) is 4.50. The van der Waals surface area contributed by atoms with Crippen LogP contribution >= 0.6 is 0 Å². The number of fused-ring (bicyclic) bond motifs is 1. The van der Waals surface area contributed by atoms with Crippen LogP contribution in [0.4, 0.5) is 10.1 Å². The van der Waals surface area contributed by atoms with Crippen molar-refractivity contribution in [2.24, 2.45) is 0 Å². The molecule has 2 aromatic rings. The first-order valence-electron chi connectivity index (χ1n) is 18.4. The lowest BCUT2D eigenvalue weighted by molar-refractivity contribution is -0.182. The van der Waals surface area contributed by atoms with Gasteiger partial charge in [0.1, 0.15) is 11.9 Å². The van der Waals surface area contributed by atoms with Crippen LogP contribution in [0.1, 0.15) is 85.3 Å². The Morgan fingerprint density at radius 2 is 1.89 bits per heavy atom. The number of ether oxygens (including phenoxy) is 1. The molecule has 2 unspecified atom stereocenters. The zero-order valence-electron chi connectivity index (χ0n) is 33.9. The third-order valence-corrected chi connectivity index (χ3v) is 6.00. The molecule has 2 saturated heterocycles. The fraction of sp³-hybridized carbons (Fsp3) is 0.483. The molecule has 8 nitrogen and oxygen atoms in total. The number of rotatable bonds is 6. The SMILES string of the molecule is [2H]C([2H])(Nc1cccc2c1C([2H])([2H])N(C1CCC(=O)NC1=O)C2=O)c1cccc(C([2H])([2H])N2C([2H])([2H])C(C)(C)OC(C)(C([2H])([2H])[2H])C2([2H])[2H])c1F. The van der Waals surface area contributed by atoms with Gasteiger partial charge in [0.15, 0.2) is 0 Å². The molecule has 202 valence electrons. The first-order valence-corrected chi connectivity index (χ1v) is 11.9. The van der Waals surface area contributed by atoms with Crippen molar-refractivity contribution in [3.05, 3.63) is 64.5 Å². The molecule has 2 N–H and O–H groups in total. The molecule has 3 aliphatic heterocycles. The highest BCUT2D eigenvalue weighted by Crippen LogP contribution is 2.33. The van der Waals surface area contributed by atoms with Crippen molar-refractivity contribution in [3.63, 3.8) is 0 Å². The summed E-state index contributed by atoms with van der Waals surface area (Å²) in [4.78, 5) is 38.3. The van der Waals surface area contributed by atoms with Gasteiger partial charge in [0.2, 0.25) is 11.8 Å². The maximum Gasteiger partial charge on any atom is 0.255 e. The van der Waals surface area contributed by atoms with E-state index in [4.69, 9.17) is 22.6 Å². The highest BCUT2D eigenvalue weighted by atomic mass is 19.1. The summed E-state index contributed by atoms with van der Waals surface area (Å²) in [5, 5.41) is 4.44. The van der Waals surface area contributed by atoms with Crippen LogP contribution in [0.2, 0.25) is 0 Å². The van der Waals surface area contributed by atoms with E-state index in [1.807, 2.05) is 0 Å². The van der Waals surface area contributed by atoms with Crippen LogP contribution in [-0.4, -0.2) is 57.8 Å². The standard InChI is InChI=1S/C29H35FN4O4/c1-28(2)16-33(17-29(3,4)38-28)14-19-8-5-7-18(25(19)30)13-31-22-10-6-9-20-21(22)15-34(27(20)37)23-11-12-24(35)32-26(23)36/h5-10,23,31H,11-17H2,1-4H3,(H,32,35,36)/i1D3,13D2,14D2,15D2,16D2,17D2. The number of imide groups is 1. The molecule has 3 aliphatic rings. The maximum atomic E-state index is 16.6. The van der Waals surface area contributed by atoms with Crippen LogP contribution in [0.25, 0.3) is 0 Å². The lowest BCUT2D eigenvalue weighted by Gasteiger charge is -2.47. The van der Waals surface area contributed by atoms with E-state index in [2.05, 4.69) is 10.6 Å². The van der Waals surface area contributed by atoms with Gasteiger partial charge in [0, 0.05) is 79.2 Å². The molecule has 3 amide bonds. The van der Waals surface area contributed by atoms with E-state index in [9.17, 15) is 14.4 Å². The summed E-state index contributed by atoms with van der Waals surface area (Å²) in [7, 11) is 0. The number of carbonyl (C=O) groups is 3. The van der Waals surface area contributed by atoms with Crippen molar-refractivity contribution in [1.29, 1.82) is 0 Å². The summed E-state index contributed by atoms with van der Waals surface area (Å²) < 4.78 is 134. The molecule has 2 fully saturated rings. The molecule has 0 spiro atoms. The van der Waals surface area contributed by atoms with Crippen molar-refractivity contribution < 1.29 is 41.3 Å². The molecule has 2 aromatic carbocycles. The number of anilines is 1. The van der Waals surface area contributed by atoms with Gasteiger partial charge in [0.05, 0.1) is 16.7 Å². The summed E-state index contributed by atoms with van der Waals surface area (Å²) >= 11 is 0. The number of hydrogen-bond donors (Lipinski definition) is 2. The summed E-state index contributed by atoms with van der Waals surface area (Å²) in [5.74, 6) is -4.02. The second kappa shape index (κ2) is 9.78. The van der Waals surface area contributed by atoms with Gasteiger partial charge in [-0.1, -0.05) is 24.3 Å². The van der Waals surface area contributed by atoms with Gasteiger partial charge < -0.3 is 15.0 Å². The molecule has 0 aliphatic carbocycles. The van der Waals surface area contributed by atoms with Gasteiger partial charge in [-0.3, -0.25) is 24.6 Å². The molecular weight excluding hydrogens is 487 g/mol. The van der Waals surface area contributed by atoms with E-state index in [0.717, 1.165) is 39.0 Å². The second-order valence-corrected chi connectivity index (χ2v) is 9.72. The number of hydrogen-bond acceptors (Lipinski definition) is 6. The van der Waals surface area contributed by atoms with Gasteiger partial charge in [-0.25, -0.2) is 4.39 Å². The number of halogens is 1. The summed E-state index contributed by atoms with van der Waals surface area (Å²) in [6.45, 7) is -16.1. The Balaban J connectivity index is 1.58. The molecule has 2 atom stereocenters. The fourth-order valence-electron chi connectivity index (χ4n) is 4.50. The Morgan fingerprint density at radius 1 is 1.16 bits per heavy atom. The predicted octanol–water partition coefficient (Wildman–Crippen LogP) is 3.59. The Morgan fingerprint density at radius 3 is 2.66 bits per heavy atom. The Kier molecular flexibility index (Phi) is 3.79. The van der Waals surface area contributed by atoms with E-state index in [-0.39, 0.29) is 29.0 Å². The first-order chi connectivity index (χ1) is 23.0. The lowest BCUT2D eigenvalue weighted by atomic mass is 9.98. The molecule has 9 heteroatoms. The molecule has 5 rings (SSSR count). The minimum Gasteiger partial charge on any atom is -0.381 e. The maximum absolute atomic E-state index is 16.6. The van der Waals surface area contributed by atoms with E-state index >= 15 is 4.39 Å². The second-order valence-electron chi connectivity index (χ2n) is 9.72. The monoisotopic (exact) mass is 535 g/mol. The number of nitrogens with one attached hydrogen (secondary N) is 2. The third-order valence-electron chi connectivity index (χ3n) is 6.00. The highest BCUT2D eigenvalue weighted by Gasteiger charge is 2.40. The van der Waals surface area contributed by atoms with Gasteiger partial charge in [-0.2, -0.15) is 0 Å². The number of amides is 3. The van der Waals surface area contributed by atoms with Crippen LogP contribution in [0, 0.1) is 5.82 Å². The molecular formula is C29H35FN4O4. The molecule has 0 aromatic heterocycles. The summed E-state index contributed by atoms with van der Waals surface area (Å²) in [6.07, 6.45) is -0.334. The zero-order valence-corrected chi connectivity index (χ0v) is 20.9. The molecule has 38 heavy (non-hydrogen) atoms. The van der Waals surface area contributed by atoms with E-state index in [1.165, 1.54) is 18.2 Å². The Labute approximate surface area is 240 Å². The number of morpholine rings is 1. The zero-order chi connectivity index (χ0) is 38.7. The van der Waals surface area contributed by atoms with Gasteiger partial charge >= 0.3 is 0 Å². The first kappa shape index (κ1) is 14.7. The average molecular weight is 536 g/mol. The lowest BCUT2D eigenvalue weighted by Crippen LogP contribution is -2.56. The number of carbonyl (C=O) groups excluding carboxylic acids is 3. The van der Waals surface area contributed by atoms with Crippen molar-refractivity contribution in [2.45, 2.75) is 77.2 Å². The van der Waals surface area contributed by atoms with E-state index in [1.54, 1.807) is 0 Å². The molecule has 0 radical (unpaired) electrons. The Hall–Kier alpha value is -3.30. The normalized spacial score (nSPS) is 35.5. The van der Waals surface area contributed by atoms with Crippen LogP contribution in [-0.2, 0) is 33.8 Å². The van der Waals surface area contributed by atoms with Crippen molar-refractivity contribution in [1.82, 2.24) is 15.1 Å². The Bertz CT molecular complexity index is 1820. The molecule has 0 saturated carbocycles. The quantitative estimate of drug-likeness (QED) is 0.550. The number of piperidine rings is 1. The minimum absolute atomic E-state index is 0.0537. The van der Waals surface area contributed by atoms with E-state index < -0.39 is 96.8 Å². The number of nitrogens with zero attached hydrogens (tertiary/aromatic N) is 2. The molecule has 3 heterocycles. The van der Waals surface area contributed by atoms with Crippen LogP contribution in [0.5, 0.6) is 0 Å². The summed E-state index contributed by atoms with van der Waals surface area (Å²) in [6, 6.07) is 5.12. The van der Waals surface area contributed by atoms with Gasteiger partial charge in [0.25, 0.3) is 5.91 Å². The van der Waals surface area contributed by atoms with Crippen molar-refractivity contribution >= 4 is 23.4 Å². The third kappa shape index (κ3) is 5.31. The van der Waals surface area contributed by atoms with Crippen molar-refractivity contribution in [3.8, 4) is 0 Å². The predicted molar refractivity (Wildman–Crippen MR) is 141 cm³/mol. The summed E-state index contributed by atoms with van der Waals surface area (Å²) in [5.41, 5.74) is -7.96. The van der Waals surface area contributed by atoms with Crippen LogP contribution < -0.4 is 10.6 Å². The topological polar surface area (TPSA) is 91.0 Å². The van der Waals surface area contributed by atoms with Crippen LogP contribution in [0.15, 0.2) is 36.4 Å². The number of benzene rings is 2. The van der Waals surface area contributed by atoms with Gasteiger partial charge in [-0.15, -0.1) is 0 Å². The van der Waals surface area contributed by atoms with E-state index in [0.29, 0.717) is 4.90 Å². The highest BCUT2D eigenvalue weighted by molar-refractivity contribution is 6.06. The smallest absolute Gasteiger partial charge is 0.255 e. The van der Waals surface area contributed by atoms with Crippen molar-refractivity contribution in [2.75, 3.05) is 18.3 Å². The molecule has 0 bridgehead atoms. The van der Waals surface area contributed by atoms with Crippen LogP contribution in [0.3, 0.4) is 0 Å².